The van der Waals surface area contributed by atoms with E-state index in [1.54, 1.807) is 48.5 Å². The number of ether oxygens (including phenoxy) is 1. The van der Waals surface area contributed by atoms with Crippen LogP contribution in [0.15, 0.2) is 77.4 Å². The third kappa shape index (κ3) is 3.57. The number of fused-ring (bicyclic) bond motifs is 1. The molecule has 0 radical (unpaired) electrons. The van der Waals surface area contributed by atoms with Crippen molar-refractivity contribution in [1.29, 1.82) is 0 Å². The quantitative estimate of drug-likeness (QED) is 0.359. The van der Waals surface area contributed by atoms with E-state index in [1.165, 1.54) is 6.26 Å². The van der Waals surface area contributed by atoms with Gasteiger partial charge >= 0.3 is 0 Å². The zero-order valence-electron chi connectivity index (χ0n) is 14.1. The monoisotopic (exact) mass is 396 g/mol. The molecule has 134 valence electrons. The van der Waals surface area contributed by atoms with Crippen LogP contribution in [0.3, 0.4) is 0 Å². The van der Waals surface area contributed by atoms with E-state index in [0.717, 1.165) is 0 Å². The van der Waals surface area contributed by atoms with Crippen LogP contribution in [0.2, 0.25) is 10.0 Å². The number of rotatable bonds is 5. The lowest BCUT2D eigenvalue weighted by atomic mass is 10.0. The van der Waals surface area contributed by atoms with Crippen LogP contribution in [-0.2, 0) is 6.61 Å². The molecule has 0 aliphatic heterocycles. The molecular formula is C22H14Cl2O3. The molecular weight excluding hydrogens is 383 g/mol. The Morgan fingerprint density at radius 2 is 1.67 bits per heavy atom. The number of halogens is 2. The molecule has 0 saturated carbocycles. The Hall–Kier alpha value is -2.75. The van der Waals surface area contributed by atoms with E-state index < -0.39 is 0 Å². The van der Waals surface area contributed by atoms with Crippen LogP contribution >= 0.6 is 23.2 Å². The highest BCUT2D eigenvalue weighted by molar-refractivity contribution is 6.35. The smallest absolute Gasteiger partial charge is 0.196 e. The molecule has 1 aromatic heterocycles. The first-order valence-electron chi connectivity index (χ1n) is 8.30. The SMILES string of the molecule is O=C(c1ccccc1)c1coc2ccc(OCc3c(Cl)cccc3Cl)cc12. The van der Waals surface area contributed by atoms with Crippen LogP contribution in [0.1, 0.15) is 21.5 Å². The largest absolute Gasteiger partial charge is 0.489 e. The summed E-state index contributed by atoms with van der Waals surface area (Å²) >= 11 is 12.4. The highest BCUT2D eigenvalue weighted by atomic mass is 35.5. The molecule has 0 aliphatic rings. The normalized spacial score (nSPS) is 10.9. The first-order chi connectivity index (χ1) is 13.1. The van der Waals surface area contributed by atoms with Gasteiger partial charge in [0.1, 0.15) is 24.2 Å². The number of ketones is 1. The average Bonchev–Trinajstić information content (AvgIpc) is 3.11. The maximum Gasteiger partial charge on any atom is 0.196 e. The fraction of sp³-hybridized carbons (Fsp3) is 0.0455. The van der Waals surface area contributed by atoms with Crippen molar-refractivity contribution in [2.45, 2.75) is 6.61 Å². The van der Waals surface area contributed by atoms with E-state index in [4.69, 9.17) is 32.4 Å². The Morgan fingerprint density at radius 3 is 2.41 bits per heavy atom. The molecule has 0 bridgehead atoms. The predicted octanol–water partition coefficient (Wildman–Crippen LogP) is 6.55. The molecule has 3 nitrogen and oxygen atoms in total. The van der Waals surface area contributed by atoms with E-state index in [2.05, 4.69) is 0 Å². The van der Waals surface area contributed by atoms with E-state index in [9.17, 15) is 4.79 Å². The minimum atomic E-state index is -0.0966. The molecule has 0 N–H and O–H groups in total. The molecule has 0 saturated heterocycles. The minimum Gasteiger partial charge on any atom is -0.489 e. The zero-order chi connectivity index (χ0) is 18.8. The lowest BCUT2D eigenvalue weighted by Crippen LogP contribution is -2.00. The molecule has 0 aliphatic carbocycles. The number of carbonyl (C=O) groups excluding carboxylic acids is 1. The van der Waals surface area contributed by atoms with E-state index >= 15 is 0 Å². The second kappa shape index (κ2) is 7.47. The van der Waals surface area contributed by atoms with Gasteiger partial charge in [-0.3, -0.25) is 4.79 Å². The minimum absolute atomic E-state index is 0.0966. The van der Waals surface area contributed by atoms with Gasteiger partial charge in [0.2, 0.25) is 0 Å². The lowest BCUT2D eigenvalue weighted by molar-refractivity contribution is 0.103. The molecule has 27 heavy (non-hydrogen) atoms. The van der Waals surface area contributed by atoms with Gasteiger partial charge in [-0.05, 0) is 30.3 Å². The van der Waals surface area contributed by atoms with Gasteiger partial charge in [-0.2, -0.15) is 0 Å². The van der Waals surface area contributed by atoms with Crippen LogP contribution in [0, 0.1) is 0 Å². The van der Waals surface area contributed by atoms with Crippen LogP contribution in [-0.4, -0.2) is 5.78 Å². The van der Waals surface area contributed by atoms with Gasteiger partial charge < -0.3 is 9.15 Å². The van der Waals surface area contributed by atoms with Crippen molar-refractivity contribution < 1.29 is 13.9 Å². The molecule has 3 aromatic carbocycles. The van der Waals surface area contributed by atoms with Crippen molar-refractivity contribution in [3.05, 3.63) is 99.7 Å². The van der Waals surface area contributed by atoms with Crippen LogP contribution < -0.4 is 4.74 Å². The second-order valence-electron chi connectivity index (χ2n) is 5.99. The fourth-order valence-corrected chi connectivity index (χ4v) is 3.35. The molecule has 0 fully saturated rings. The van der Waals surface area contributed by atoms with Crippen molar-refractivity contribution in [3.63, 3.8) is 0 Å². The fourth-order valence-electron chi connectivity index (χ4n) is 2.84. The third-order valence-electron chi connectivity index (χ3n) is 4.27. The molecule has 0 spiro atoms. The van der Waals surface area contributed by atoms with Gasteiger partial charge in [0.05, 0.1) is 5.56 Å². The summed E-state index contributed by atoms with van der Waals surface area (Å²) in [6.45, 7) is 0.226. The molecule has 1 heterocycles. The van der Waals surface area contributed by atoms with Crippen molar-refractivity contribution in [2.24, 2.45) is 0 Å². The molecule has 0 amide bonds. The summed E-state index contributed by atoms with van der Waals surface area (Å²) in [7, 11) is 0. The summed E-state index contributed by atoms with van der Waals surface area (Å²) in [5.74, 6) is 0.502. The Bertz CT molecular complexity index is 1100. The van der Waals surface area contributed by atoms with Crippen molar-refractivity contribution in [2.75, 3.05) is 0 Å². The summed E-state index contributed by atoms with van der Waals surface area (Å²) in [6, 6.07) is 19.8. The first kappa shape index (κ1) is 17.7. The third-order valence-corrected chi connectivity index (χ3v) is 4.98. The Morgan fingerprint density at radius 1 is 0.926 bits per heavy atom. The summed E-state index contributed by atoms with van der Waals surface area (Å²) in [5.41, 5.74) is 2.44. The molecule has 5 heteroatoms. The summed E-state index contributed by atoms with van der Waals surface area (Å²) in [5, 5.41) is 1.80. The predicted molar refractivity (Wildman–Crippen MR) is 107 cm³/mol. The van der Waals surface area contributed by atoms with E-state index in [1.807, 2.05) is 18.2 Å². The number of hydrogen-bond donors (Lipinski definition) is 0. The van der Waals surface area contributed by atoms with Gasteiger partial charge in [0, 0.05) is 26.6 Å². The molecule has 0 unspecified atom stereocenters. The summed E-state index contributed by atoms with van der Waals surface area (Å²) in [4.78, 5) is 12.8. The van der Waals surface area contributed by atoms with Gasteiger partial charge in [0.25, 0.3) is 0 Å². The maximum absolute atomic E-state index is 12.8. The number of benzene rings is 3. The van der Waals surface area contributed by atoms with E-state index in [-0.39, 0.29) is 12.4 Å². The van der Waals surface area contributed by atoms with Crippen LogP contribution in [0.5, 0.6) is 5.75 Å². The van der Waals surface area contributed by atoms with Gasteiger partial charge in [-0.1, -0.05) is 59.6 Å². The number of furan rings is 1. The highest BCUT2D eigenvalue weighted by Gasteiger charge is 2.16. The Kier molecular flexibility index (Phi) is 4.88. The highest BCUT2D eigenvalue weighted by Crippen LogP contribution is 2.30. The topological polar surface area (TPSA) is 39.4 Å². The van der Waals surface area contributed by atoms with Crippen LogP contribution in [0.4, 0.5) is 0 Å². The van der Waals surface area contributed by atoms with Crippen molar-refractivity contribution in [3.8, 4) is 5.75 Å². The van der Waals surface area contributed by atoms with Gasteiger partial charge in [-0.15, -0.1) is 0 Å². The first-order valence-corrected chi connectivity index (χ1v) is 9.06. The maximum atomic E-state index is 12.8. The summed E-state index contributed by atoms with van der Waals surface area (Å²) in [6.07, 6.45) is 1.48. The molecule has 4 aromatic rings. The van der Waals surface area contributed by atoms with Gasteiger partial charge in [0.15, 0.2) is 5.78 Å². The second-order valence-corrected chi connectivity index (χ2v) is 6.81. The van der Waals surface area contributed by atoms with E-state index in [0.29, 0.717) is 43.5 Å². The van der Waals surface area contributed by atoms with Crippen molar-refractivity contribution in [1.82, 2.24) is 0 Å². The Labute approximate surface area is 166 Å². The molecule has 0 atom stereocenters. The number of carbonyl (C=O) groups is 1. The van der Waals surface area contributed by atoms with Gasteiger partial charge in [-0.25, -0.2) is 0 Å². The summed E-state index contributed by atoms with van der Waals surface area (Å²) < 4.78 is 11.4. The lowest BCUT2D eigenvalue weighted by Gasteiger charge is -2.09. The van der Waals surface area contributed by atoms with Crippen molar-refractivity contribution >= 4 is 40.0 Å². The zero-order valence-corrected chi connectivity index (χ0v) is 15.6. The standard InChI is InChI=1S/C22H14Cl2O3/c23-19-7-4-8-20(24)18(19)13-26-15-9-10-21-16(11-15)17(12-27-21)22(25)14-5-2-1-3-6-14/h1-12H,13H2. The average molecular weight is 397 g/mol. The molecule has 4 rings (SSSR count). The Balaban J connectivity index is 1.63. The number of hydrogen-bond acceptors (Lipinski definition) is 3. The van der Waals surface area contributed by atoms with Crippen LogP contribution in [0.25, 0.3) is 11.0 Å².